The highest BCUT2D eigenvalue weighted by Crippen LogP contribution is 2.42. The summed E-state index contributed by atoms with van der Waals surface area (Å²) in [5.41, 5.74) is 0.574. The fraction of sp³-hybridized carbons (Fsp3) is 0.955. The number of aliphatic imine (C=N–C) groups is 1. The highest BCUT2D eigenvalue weighted by molar-refractivity contribution is 5.80. The standard InChI is InChI=1S/C22H43N5/c1-23-21(24-13-8-15-26-16-9-14-25(2)18-19-26)27-17-7-12-22(20-27)10-5-3-4-6-11-22/h3-20H2,1-2H3,(H,23,24). The number of likely N-dealkylation sites (tertiary alicyclic amines) is 1. The zero-order valence-corrected chi connectivity index (χ0v) is 18.0. The normalized spacial score (nSPS) is 26.0. The first-order chi connectivity index (χ1) is 13.2. The molecule has 5 nitrogen and oxygen atoms in total. The fourth-order valence-corrected chi connectivity index (χ4v) is 5.43. The molecule has 0 aromatic heterocycles. The Bertz CT molecular complexity index is 456. The van der Waals surface area contributed by atoms with Gasteiger partial charge in [-0.2, -0.15) is 0 Å². The van der Waals surface area contributed by atoms with Gasteiger partial charge in [-0.3, -0.25) is 4.99 Å². The van der Waals surface area contributed by atoms with E-state index in [0.717, 1.165) is 12.5 Å². The quantitative estimate of drug-likeness (QED) is 0.464. The Hall–Kier alpha value is -0.810. The van der Waals surface area contributed by atoms with E-state index in [4.69, 9.17) is 0 Å². The van der Waals surface area contributed by atoms with Gasteiger partial charge in [-0.05, 0) is 70.6 Å². The van der Waals surface area contributed by atoms with E-state index in [9.17, 15) is 0 Å². The van der Waals surface area contributed by atoms with Crippen LogP contribution in [0.15, 0.2) is 4.99 Å². The summed E-state index contributed by atoms with van der Waals surface area (Å²) in [6, 6.07) is 0. The Morgan fingerprint density at radius 2 is 1.67 bits per heavy atom. The van der Waals surface area contributed by atoms with Gasteiger partial charge in [-0.1, -0.05) is 25.7 Å². The zero-order chi connectivity index (χ0) is 19.0. The van der Waals surface area contributed by atoms with Gasteiger partial charge in [0.05, 0.1) is 0 Å². The van der Waals surface area contributed by atoms with Gasteiger partial charge in [0.2, 0.25) is 0 Å². The van der Waals surface area contributed by atoms with E-state index in [1.165, 1.54) is 110 Å². The molecule has 2 heterocycles. The van der Waals surface area contributed by atoms with Crippen molar-refractivity contribution < 1.29 is 0 Å². The summed E-state index contributed by atoms with van der Waals surface area (Å²) in [4.78, 5) is 12.3. The van der Waals surface area contributed by atoms with Crippen LogP contribution in [0.4, 0.5) is 0 Å². The maximum Gasteiger partial charge on any atom is 0.193 e. The minimum Gasteiger partial charge on any atom is -0.356 e. The highest BCUT2D eigenvalue weighted by Gasteiger charge is 2.36. The van der Waals surface area contributed by atoms with Crippen molar-refractivity contribution in [3.8, 4) is 0 Å². The summed E-state index contributed by atoms with van der Waals surface area (Å²) >= 11 is 0. The molecule has 27 heavy (non-hydrogen) atoms. The first-order valence-corrected chi connectivity index (χ1v) is 11.6. The van der Waals surface area contributed by atoms with Gasteiger partial charge < -0.3 is 20.0 Å². The number of nitrogens with one attached hydrogen (secondary N) is 1. The third kappa shape index (κ3) is 6.35. The van der Waals surface area contributed by atoms with Gasteiger partial charge >= 0.3 is 0 Å². The first-order valence-electron chi connectivity index (χ1n) is 11.6. The topological polar surface area (TPSA) is 34.1 Å². The molecule has 5 heteroatoms. The van der Waals surface area contributed by atoms with Crippen LogP contribution in [0.25, 0.3) is 0 Å². The van der Waals surface area contributed by atoms with Crippen LogP contribution in [0.3, 0.4) is 0 Å². The number of rotatable bonds is 4. The Morgan fingerprint density at radius 3 is 2.44 bits per heavy atom. The molecule has 3 aliphatic rings. The van der Waals surface area contributed by atoms with Crippen molar-refractivity contribution in [3.05, 3.63) is 0 Å². The second-order valence-electron chi connectivity index (χ2n) is 9.27. The van der Waals surface area contributed by atoms with Crippen LogP contribution in [0, 0.1) is 5.41 Å². The van der Waals surface area contributed by atoms with Crippen LogP contribution in [0.1, 0.15) is 64.2 Å². The van der Waals surface area contributed by atoms with Crippen molar-refractivity contribution in [2.45, 2.75) is 64.2 Å². The average molecular weight is 378 g/mol. The first kappa shape index (κ1) is 20.9. The van der Waals surface area contributed by atoms with Crippen LogP contribution in [0.5, 0.6) is 0 Å². The van der Waals surface area contributed by atoms with E-state index < -0.39 is 0 Å². The van der Waals surface area contributed by atoms with E-state index in [0.29, 0.717) is 5.41 Å². The molecule has 0 unspecified atom stereocenters. The number of guanidine groups is 1. The minimum absolute atomic E-state index is 0.574. The number of hydrogen-bond acceptors (Lipinski definition) is 3. The maximum atomic E-state index is 4.63. The number of nitrogens with zero attached hydrogens (tertiary/aromatic N) is 4. The smallest absolute Gasteiger partial charge is 0.193 e. The van der Waals surface area contributed by atoms with Crippen LogP contribution in [-0.4, -0.2) is 87.1 Å². The molecule has 0 aromatic rings. The third-order valence-electron chi connectivity index (χ3n) is 7.08. The predicted molar refractivity (Wildman–Crippen MR) is 115 cm³/mol. The average Bonchev–Trinajstić information content (AvgIpc) is 3.02. The second-order valence-corrected chi connectivity index (χ2v) is 9.27. The number of piperidine rings is 1. The molecular formula is C22H43N5. The molecule has 2 saturated heterocycles. The Kier molecular flexibility index (Phi) is 8.25. The summed E-state index contributed by atoms with van der Waals surface area (Å²) < 4.78 is 0. The van der Waals surface area contributed by atoms with E-state index >= 15 is 0 Å². The molecule has 0 radical (unpaired) electrons. The fourth-order valence-electron chi connectivity index (χ4n) is 5.43. The van der Waals surface area contributed by atoms with Crippen molar-refractivity contribution in [2.75, 3.05) is 66.5 Å². The van der Waals surface area contributed by atoms with Gasteiger partial charge in [-0.15, -0.1) is 0 Å². The lowest BCUT2D eigenvalue weighted by Crippen LogP contribution is -2.50. The van der Waals surface area contributed by atoms with Crippen molar-refractivity contribution in [1.29, 1.82) is 0 Å². The lowest BCUT2D eigenvalue weighted by Gasteiger charge is -2.44. The SMILES string of the molecule is CN=C(NCCCN1CCCN(C)CC1)N1CCCC2(CCCCCC2)C1. The van der Waals surface area contributed by atoms with Crippen molar-refractivity contribution in [1.82, 2.24) is 20.0 Å². The largest absolute Gasteiger partial charge is 0.356 e. The monoisotopic (exact) mass is 377 g/mol. The van der Waals surface area contributed by atoms with E-state index in [-0.39, 0.29) is 0 Å². The van der Waals surface area contributed by atoms with Crippen LogP contribution in [0.2, 0.25) is 0 Å². The Morgan fingerprint density at radius 1 is 0.889 bits per heavy atom. The molecule has 156 valence electrons. The summed E-state index contributed by atoms with van der Waals surface area (Å²) in [6.45, 7) is 9.60. The molecule has 2 aliphatic heterocycles. The second kappa shape index (κ2) is 10.7. The van der Waals surface area contributed by atoms with Gasteiger partial charge in [0.15, 0.2) is 5.96 Å². The Labute approximate surface area is 167 Å². The van der Waals surface area contributed by atoms with E-state index in [1.807, 2.05) is 7.05 Å². The van der Waals surface area contributed by atoms with Crippen LogP contribution >= 0.6 is 0 Å². The van der Waals surface area contributed by atoms with Crippen molar-refractivity contribution in [2.24, 2.45) is 10.4 Å². The van der Waals surface area contributed by atoms with E-state index in [2.05, 4.69) is 32.1 Å². The lowest BCUT2D eigenvalue weighted by molar-refractivity contribution is 0.115. The molecule has 0 amide bonds. The molecule has 0 bridgehead atoms. The molecule has 1 N–H and O–H groups in total. The third-order valence-corrected chi connectivity index (χ3v) is 7.08. The molecule has 1 saturated carbocycles. The van der Waals surface area contributed by atoms with Crippen LogP contribution in [-0.2, 0) is 0 Å². The lowest BCUT2D eigenvalue weighted by atomic mass is 9.74. The molecule has 1 spiro atoms. The molecule has 0 aromatic carbocycles. The maximum absolute atomic E-state index is 4.63. The predicted octanol–water partition coefficient (Wildman–Crippen LogP) is 3.03. The molecular weight excluding hydrogens is 334 g/mol. The summed E-state index contributed by atoms with van der Waals surface area (Å²) in [7, 11) is 4.20. The van der Waals surface area contributed by atoms with E-state index in [1.54, 1.807) is 0 Å². The summed E-state index contributed by atoms with van der Waals surface area (Å²) in [5.74, 6) is 1.15. The zero-order valence-electron chi connectivity index (χ0n) is 18.0. The van der Waals surface area contributed by atoms with Gasteiger partial charge in [0.25, 0.3) is 0 Å². The number of hydrogen-bond donors (Lipinski definition) is 1. The summed E-state index contributed by atoms with van der Waals surface area (Å²) in [6.07, 6.45) is 13.9. The molecule has 0 atom stereocenters. The van der Waals surface area contributed by atoms with Crippen LogP contribution < -0.4 is 5.32 Å². The van der Waals surface area contributed by atoms with Crippen molar-refractivity contribution in [3.63, 3.8) is 0 Å². The Balaban J connectivity index is 1.42. The van der Waals surface area contributed by atoms with Gasteiger partial charge in [0, 0.05) is 39.8 Å². The molecule has 1 aliphatic carbocycles. The van der Waals surface area contributed by atoms with Gasteiger partial charge in [0.1, 0.15) is 0 Å². The minimum atomic E-state index is 0.574. The van der Waals surface area contributed by atoms with Gasteiger partial charge in [-0.25, -0.2) is 0 Å². The number of likely N-dealkylation sites (N-methyl/N-ethyl adjacent to an activating group) is 1. The van der Waals surface area contributed by atoms with Crippen molar-refractivity contribution >= 4 is 5.96 Å². The molecule has 3 fully saturated rings. The molecule has 3 rings (SSSR count). The summed E-state index contributed by atoms with van der Waals surface area (Å²) in [5, 5.41) is 3.68. The highest BCUT2D eigenvalue weighted by atomic mass is 15.3.